The highest BCUT2D eigenvalue weighted by Crippen LogP contribution is 2.31. The van der Waals surface area contributed by atoms with Crippen molar-refractivity contribution >= 4 is 17.3 Å². The Morgan fingerprint density at radius 3 is 2.68 bits per heavy atom. The van der Waals surface area contributed by atoms with Crippen molar-refractivity contribution in [3.8, 4) is 0 Å². The molecule has 2 fully saturated rings. The number of anilines is 2. The summed E-state index contributed by atoms with van der Waals surface area (Å²) in [5.41, 5.74) is 3.24. The molecule has 0 atom stereocenters. The van der Waals surface area contributed by atoms with Crippen molar-refractivity contribution in [1.29, 1.82) is 0 Å². The van der Waals surface area contributed by atoms with Crippen molar-refractivity contribution < 1.29 is 4.79 Å². The molecule has 25 heavy (non-hydrogen) atoms. The Morgan fingerprint density at radius 1 is 1.20 bits per heavy atom. The minimum atomic E-state index is 0.0745. The second-order valence-electron chi connectivity index (χ2n) is 7.21. The number of aryl methyl sites for hydroxylation is 1. The highest BCUT2D eigenvalue weighted by atomic mass is 16.1. The number of carbonyl (C=O) groups is 1. The van der Waals surface area contributed by atoms with Gasteiger partial charge in [-0.3, -0.25) is 14.5 Å². The van der Waals surface area contributed by atoms with E-state index in [2.05, 4.69) is 33.3 Å². The molecular weight excluding hydrogens is 314 g/mol. The van der Waals surface area contributed by atoms with Gasteiger partial charge >= 0.3 is 0 Å². The number of rotatable bonds is 4. The van der Waals surface area contributed by atoms with E-state index in [1.165, 1.54) is 30.5 Å². The van der Waals surface area contributed by atoms with Gasteiger partial charge in [0, 0.05) is 43.3 Å². The second kappa shape index (κ2) is 6.86. The number of aromatic nitrogens is 3. The van der Waals surface area contributed by atoms with Crippen LogP contribution in [0.1, 0.15) is 43.7 Å². The van der Waals surface area contributed by atoms with Gasteiger partial charge in [-0.15, -0.1) is 0 Å². The topological polar surface area (TPSA) is 63.1 Å². The predicted octanol–water partition coefficient (Wildman–Crippen LogP) is 3.17. The van der Waals surface area contributed by atoms with Crippen molar-refractivity contribution in [2.24, 2.45) is 5.92 Å². The van der Waals surface area contributed by atoms with E-state index in [9.17, 15) is 4.79 Å². The molecule has 1 aliphatic heterocycles. The largest absolute Gasteiger partial charge is 0.371 e. The number of nitrogens with zero attached hydrogens (tertiary/aromatic N) is 4. The molecule has 1 N–H and O–H groups in total. The van der Waals surface area contributed by atoms with E-state index in [1.54, 1.807) is 6.20 Å². The quantitative estimate of drug-likeness (QED) is 0.929. The molecule has 0 aromatic carbocycles. The average Bonchev–Trinajstić information content (AvgIpc) is 3.01. The third-order valence-electron chi connectivity index (χ3n) is 5.51. The fourth-order valence-corrected chi connectivity index (χ4v) is 3.70. The smallest absolute Gasteiger partial charge is 0.227 e. The molecule has 1 amide bonds. The molecular formula is C19H25N5O. The number of nitrogens with one attached hydrogen (secondary N) is 1. The van der Waals surface area contributed by atoms with Gasteiger partial charge in [-0.1, -0.05) is 0 Å². The number of amides is 1. The van der Waals surface area contributed by atoms with Gasteiger partial charge in [0.15, 0.2) is 0 Å². The zero-order valence-corrected chi connectivity index (χ0v) is 14.7. The summed E-state index contributed by atoms with van der Waals surface area (Å²) in [7, 11) is 0. The summed E-state index contributed by atoms with van der Waals surface area (Å²) in [6.45, 7) is 3.90. The Hall–Kier alpha value is -2.37. The number of hydrogen-bond acceptors (Lipinski definition) is 4. The minimum absolute atomic E-state index is 0.0745. The first-order valence-electron chi connectivity index (χ1n) is 9.21. The van der Waals surface area contributed by atoms with Crippen LogP contribution < -0.4 is 10.2 Å². The van der Waals surface area contributed by atoms with Gasteiger partial charge in [0.05, 0.1) is 17.9 Å². The minimum Gasteiger partial charge on any atom is -0.371 e. The van der Waals surface area contributed by atoms with E-state index in [0.29, 0.717) is 6.04 Å². The molecule has 132 valence electrons. The number of pyridine rings is 1. The first kappa shape index (κ1) is 16.1. The van der Waals surface area contributed by atoms with E-state index in [1.807, 2.05) is 23.3 Å². The monoisotopic (exact) mass is 339 g/mol. The van der Waals surface area contributed by atoms with Gasteiger partial charge in [-0.2, -0.15) is 5.10 Å². The van der Waals surface area contributed by atoms with Crippen molar-refractivity contribution in [2.75, 3.05) is 23.3 Å². The summed E-state index contributed by atoms with van der Waals surface area (Å²) in [6, 6.07) is 2.59. The van der Waals surface area contributed by atoms with Crippen LogP contribution in [0, 0.1) is 12.8 Å². The van der Waals surface area contributed by atoms with E-state index < -0.39 is 0 Å². The molecule has 2 aromatic heterocycles. The Balaban J connectivity index is 1.32. The van der Waals surface area contributed by atoms with Crippen LogP contribution in [0.3, 0.4) is 0 Å². The fraction of sp³-hybridized carbons (Fsp3) is 0.526. The zero-order chi connectivity index (χ0) is 17.2. The van der Waals surface area contributed by atoms with Crippen molar-refractivity contribution in [3.05, 3.63) is 36.4 Å². The Labute approximate surface area is 148 Å². The SMILES string of the molecule is Cc1cnccc1N1CCC(C(=O)Nc2cnn(C3CCC3)c2)CC1. The van der Waals surface area contributed by atoms with Crippen LogP contribution in [0.5, 0.6) is 0 Å². The molecule has 1 saturated heterocycles. The highest BCUT2D eigenvalue weighted by molar-refractivity contribution is 5.92. The third-order valence-corrected chi connectivity index (χ3v) is 5.51. The first-order chi connectivity index (χ1) is 12.2. The lowest BCUT2D eigenvalue weighted by atomic mass is 9.93. The van der Waals surface area contributed by atoms with Gasteiger partial charge in [-0.25, -0.2) is 0 Å². The molecule has 1 saturated carbocycles. The van der Waals surface area contributed by atoms with E-state index in [0.717, 1.165) is 31.6 Å². The Morgan fingerprint density at radius 2 is 2.00 bits per heavy atom. The maximum Gasteiger partial charge on any atom is 0.227 e. The van der Waals surface area contributed by atoms with E-state index in [4.69, 9.17) is 0 Å². The van der Waals surface area contributed by atoms with Crippen molar-refractivity contribution in [2.45, 2.75) is 45.1 Å². The summed E-state index contributed by atoms with van der Waals surface area (Å²) >= 11 is 0. The molecule has 1 aliphatic carbocycles. The van der Waals surface area contributed by atoms with Crippen LogP contribution >= 0.6 is 0 Å². The number of carbonyl (C=O) groups excluding carboxylic acids is 1. The van der Waals surface area contributed by atoms with Gasteiger partial charge in [-0.05, 0) is 50.7 Å². The summed E-state index contributed by atoms with van der Waals surface area (Å²) in [5.74, 6) is 0.199. The van der Waals surface area contributed by atoms with Crippen LogP contribution in [-0.4, -0.2) is 33.8 Å². The molecule has 6 nitrogen and oxygen atoms in total. The number of piperidine rings is 1. The van der Waals surface area contributed by atoms with Gasteiger partial charge in [0.1, 0.15) is 0 Å². The molecule has 0 spiro atoms. The van der Waals surface area contributed by atoms with Gasteiger partial charge in [0.25, 0.3) is 0 Å². The summed E-state index contributed by atoms with van der Waals surface area (Å²) in [4.78, 5) is 19.1. The Bertz CT molecular complexity index is 744. The van der Waals surface area contributed by atoms with E-state index >= 15 is 0 Å². The maximum atomic E-state index is 12.6. The van der Waals surface area contributed by atoms with Crippen LogP contribution in [0.4, 0.5) is 11.4 Å². The summed E-state index contributed by atoms with van der Waals surface area (Å²) in [6.07, 6.45) is 12.9. The summed E-state index contributed by atoms with van der Waals surface area (Å²) in [5, 5.41) is 7.44. The zero-order valence-electron chi connectivity index (χ0n) is 14.7. The normalized spacial score (nSPS) is 18.8. The molecule has 2 aromatic rings. The molecule has 0 bridgehead atoms. The predicted molar refractivity (Wildman–Crippen MR) is 97.7 cm³/mol. The van der Waals surface area contributed by atoms with Crippen molar-refractivity contribution in [1.82, 2.24) is 14.8 Å². The molecule has 0 radical (unpaired) electrons. The van der Waals surface area contributed by atoms with Crippen LogP contribution in [-0.2, 0) is 4.79 Å². The van der Waals surface area contributed by atoms with Crippen molar-refractivity contribution in [3.63, 3.8) is 0 Å². The number of hydrogen-bond donors (Lipinski definition) is 1. The van der Waals surface area contributed by atoms with E-state index in [-0.39, 0.29) is 11.8 Å². The standard InChI is InChI=1S/C19H25N5O/c1-14-11-20-8-5-18(14)23-9-6-15(7-10-23)19(25)22-16-12-21-24(13-16)17-3-2-4-17/h5,8,11-13,15,17H,2-4,6-7,9-10H2,1H3,(H,22,25). The van der Waals surface area contributed by atoms with Gasteiger partial charge < -0.3 is 10.2 Å². The lowest BCUT2D eigenvalue weighted by Crippen LogP contribution is -2.38. The summed E-state index contributed by atoms with van der Waals surface area (Å²) < 4.78 is 1.99. The average molecular weight is 339 g/mol. The lowest BCUT2D eigenvalue weighted by molar-refractivity contribution is -0.120. The maximum absolute atomic E-state index is 12.6. The Kier molecular flexibility index (Phi) is 4.42. The second-order valence-corrected chi connectivity index (χ2v) is 7.21. The molecule has 0 unspecified atom stereocenters. The molecule has 3 heterocycles. The van der Waals surface area contributed by atoms with Crippen LogP contribution in [0.2, 0.25) is 0 Å². The first-order valence-corrected chi connectivity index (χ1v) is 9.21. The van der Waals surface area contributed by atoms with Crippen LogP contribution in [0.25, 0.3) is 0 Å². The molecule has 2 aliphatic rings. The third kappa shape index (κ3) is 3.38. The van der Waals surface area contributed by atoms with Crippen LogP contribution in [0.15, 0.2) is 30.9 Å². The molecule has 6 heteroatoms. The lowest BCUT2D eigenvalue weighted by Gasteiger charge is -2.33. The fourth-order valence-electron chi connectivity index (χ4n) is 3.70. The molecule has 4 rings (SSSR count). The highest BCUT2D eigenvalue weighted by Gasteiger charge is 2.26. The van der Waals surface area contributed by atoms with Gasteiger partial charge in [0.2, 0.25) is 5.91 Å².